The summed E-state index contributed by atoms with van der Waals surface area (Å²) in [6, 6.07) is 15.8. The van der Waals surface area contributed by atoms with Crippen LogP contribution < -0.4 is 5.73 Å². The van der Waals surface area contributed by atoms with Crippen LogP contribution in [0.2, 0.25) is 5.02 Å². The van der Waals surface area contributed by atoms with Crippen LogP contribution in [0.3, 0.4) is 0 Å². The molecule has 3 rings (SSSR count). The van der Waals surface area contributed by atoms with Crippen LogP contribution in [0.1, 0.15) is 22.4 Å². The first kappa shape index (κ1) is 16.0. The maximum atomic E-state index is 13.8. The van der Waals surface area contributed by atoms with E-state index in [0.29, 0.717) is 28.3 Å². The van der Waals surface area contributed by atoms with Gasteiger partial charge in [-0.05, 0) is 23.8 Å². The molecule has 0 saturated carbocycles. The van der Waals surface area contributed by atoms with Crippen molar-refractivity contribution < 1.29 is 4.39 Å². The number of halogens is 2. The normalized spacial score (nSPS) is 10.5. The number of nitrogens with zero attached hydrogens (tertiary/aromatic N) is 3. The van der Waals surface area contributed by atoms with Crippen LogP contribution in [-0.4, -0.2) is 9.78 Å². The number of nitriles is 1. The number of anilines is 1. The number of rotatable bonds is 4. The van der Waals surface area contributed by atoms with E-state index in [1.807, 2.05) is 12.1 Å². The topological polar surface area (TPSA) is 67.6 Å². The lowest BCUT2D eigenvalue weighted by Crippen LogP contribution is -2.07. The van der Waals surface area contributed by atoms with Gasteiger partial charge in [0.05, 0.1) is 12.2 Å². The Morgan fingerprint density at radius 1 is 1.17 bits per heavy atom. The average Bonchev–Trinajstić information content (AvgIpc) is 2.87. The molecule has 24 heavy (non-hydrogen) atoms. The highest BCUT2D eigenvalue weighted by Crippen LogP contribution is 2.21. The molecule has 3 aromatic rings. The Morgan fingerprint density at radius 2 is 1.88 bits per heavy atom. The van der Waals surface area contributed by atoms with E-state index in [0.717, 1.165) is 5.56 Å². The molecular formula is C18H14ClFN4. The third-order valence-electron chi connectivity index (χ3n) is 3.74. The molecule has 1 heterocycles. The molecule has 1 aromatic heterocycles. The van der Waals surface area contributed by atoms with Crippen molar-refractivity contribution in [2.24, 2.45) is 0 Å². The summed E-state index contributed by atoms with van der Waals surface area (Å²) in [6.45, 7) is 0.174. The highest BCUT2D eigenvalue weighted by atomic mass is 35.5. The van der Waals surface area contributed by atoms with E-state index in [2.05, 4.69) is 11.2 Å². The molecule has 0 spiro atoms. The Balaban J connectivity index is 1.92. The largest absolute Gasteiger partial charge is 0.383 e. The summed E-state index contributed by atoms with van der Waals surface area (Å²) in [5.74, 6) is -0.0881. The van der Waals surface area contributed by atoms with Crippen LogP contribution in [0.5, 0.6) is 0 Å². The molecule has 0 atom stereocenters. The van der Waals surface area contributed by atoms with Gasteiger partial charge in [0.15, 0.2) is 0 Å². The molecule has 0 aliphatic carbocycles. The molecule has 0 bridgehead atoms. The lowest BCUT2D eigenvalue weighted by Gasteiger charge is -2.05. The quantitative estimate of drug-likeness (QED) is 0.786. The van der Waals surface area contributed by atoms with Gasteiger partial charge in [-0.3, -0.25) is 0 Å². The molecular weight excluding hydrogens is 327 g/mol. The second-order valence-electron chi connectivity index (χ2n) is 5.37. The summed E-state index contributed by atoms with van der Waals surface area (Å²) < 4.78 is 15.3. The summed E-state index contributed by atoms with van der Waals surface area (Å²) in [5, 5.41) is 14.4. The van der Waals surface area contributed by atoms with Gasteiger partial charge in [0.2, 0.25) is 0 Å². The molecule has 0 fully saturated rings. The number of hydrogen-bond donors (Lipinski definition) is 1. The van der Waals surface area contributed by atoms with Gasteiger partial charge in [-0.15, -0.1) is 0 Å². The molecule has 0 radical (unpaired) electrons. The average molecular weight is 341 g/mol. The predicted octanol–water partition coefficient (Wildman–Crippen LogP) is 3.77. The zero-order valence-electron chi connectivity index (χ0n) is 12.7. The van der Waals surface area contributed by atoms with Crippen molar-refractivity contribution in [2.45, 2.75) is 13.0 Å². The Morgan fingerprint density at radius 3 is 2.54 bits per heavy atom. The minimum Gasteiger partial charge on any atom is -0.383 e. The molecule has 2 aromatic carbocycles. The second-order valence-corrected chi connectivity index (χ2v) is 5.81. The van der Waals surface area contributed by atoms with Gasteiger partial charge in [-0.1, -0.05) is 41.9 Å². The lowest BCUT2D eigenvalue weighted by atomic mass is 10.1. The number of hydrogen-bond acceptors (Lipinski definition) is 3. The van der Waals surface area contributed by atoms with E-state index in [4.69, 9.17) is 17.3 Å². The minimum absolute atomic E-state index is 0.174. The molecule has 0 aliphatic heterocycles. The van der Waals surface area contributed by atoms with Gasteiger partial charge >= 0.3 is 0 Å². The van der Waals surface area contributed by atoms with Crippen LogP contribution in [0.15, 0.2) is 48.5 Å². The maximum absolute atomic E-state index is 13.8. The maximum Gasteiger partial charge on any atom is 0.140 e. The zero-order valence-corrected chi connectivity index (χ0v) is 13.5. The number of aromatic nitrogens is 2. The molecule has 6 heteroatoms. The van der Waals surface area contributed by atoms with Crippen molar-refractivity contribution in [1.82, 2.24) is 9.78 Å². The highest BCUT2D eigenvalue weighted by molar-refractivity contribution is 6.30. The van der Waals surface area contributed by atoms with E-state index in [-0.39, 0.29) is 18.2 Å². The van der Waals surface area contributed by atoms with Crippen molar-refractivity contribution in [1.29, 1.82) is 5.26 Å². The van der Waals surface area contributed by atoms with Crippen molar-refractivity contribution in [3.05, 3.63) is 81.8 Å². The smallest absolute Gasteiger partial charge is 0.140 e. The van der Waals surface area contributed by atoms with Crippen molar-refractivity contribution in [2.75, 3.05) is 5.73 Å². The molecule has 2 N–H and O–H groups in total. The summed E-state index contributed by atoms with van der Waals surface area (Å²) >= 11 is 5.88. The molecule has 0 unspecified atom stereocenters. The van der Waals surface area contributed by atoms with E-state index < -0.39 is 0 Å². The van der Waals surface area contributed by atoms with E-state index in [9.17, 15) is 9.65 Å². The summed E-state index contributed by atoms with van der Waals surface area (Å²) in [5.41, 5.74) is 8.34. The molecule has 120 valence electrons. The predicted molar refractivity (Wildman–Crippen MR) is 91.1 cm³/mol. The Hall–Kier alpha value is -2.84. The standard InChI is InChI=1S/C18H14ClFN4/c19-14-7-5-12(6-8-14)9-17-15(10-21)18(22)24(23-17)11-13-3-1-2-4-16(13)20/h1-8H,9,11,22H2. The van der Waals surface area contributed by atoms with Crippen molar-refractivity contribution in [3.8, 4) is 6.07 Å². The van der Waals surface area contributed by atoms with Crippen LogP contribution >= 0.6 is 11.6 Å². The second kappa shape index (κ2) is 6.73. The first-order valence-corrected chi connectivity index (χ1v) is 7.69. The third kappa shape index (κ3) is 3.24. The fourth-order valence-corrected chi connectivity index (χ4v) is 2.60. The van der Waals surface area contributed by atoms with Crippen LogP contribution in [-0.2, 0) is 13.0 Å². The fourth-order valence-electron chi connectivity index (χ4n) is 2.48. The van der Waals surface area contributed by atoms with E-state index >= 15 is 0 Å². The monoisotopic (exact) mass is 340 g/mol. The Bertz CT molecular complexity index is 910. The van der Waals surface area contributed by atoms with Gasteiger partial charge < -0.3 is 5.73 Å². The van der Waals surface area contributed by atoms with Crippen LogP contribution in [0.25, 0.3) is 0 Å². The van der Waals surface area contributed by atoms with Gasteiger partial charge in [0.1, 0.15) is 23.3 Å². The fraction of sp³-hybridized carbons (Fsp3) is 0.111. The van der Waals surface area contributed by atoms with Crippen molar-refractivity contribution in [3.63, 3.8) is 0 Å². The van der Waals surface area contributed by atoms with Crippen LogP contribution in [0, 0.1) is 17.1 Å². The first-order valence-electron chi connectivity index (χ1n) is 7.31. The molecule has 0 saturated heterocycles. The van der Waals surface area contributed by atoms with Gasteiger partial charge in [-0.25, -0.2) is 9.07 Å². The van der Waals surface area contributed by atoms with Gasteiger partial charge in [0.25, 0.3) is 0 Å². The molecule has 0 aliphatic rings. The zero-order chi connectivity index (χ0) is 17.1. The lowest BCUT2D eigenvalue weighted by molar-refractivity contribution is 0.586. The number of nitrogens with two attached hydrogens (primary N) is 1. The van der Waals surface area contributed by atoms with Crippen molar-refractivity contribution >= 4 is 17.4 Å². The number of benzene rings is 2. The highest BCUT2D eigenvalue weighted by Gasteiger charge is 2.16. The SMILES string of the molecule is N#Cc1c(Cc2ccc(Cl)cc2)nn(Cc2ccccc2F)c1N. The van der Waals surface area contributed by atoms with E-state index in [1.54, 1.807) is 30.3 Å². The van der Waals surface area contributed by atoms with Gasteiger partial charge in [-0.2, -0.15) is 10.4 Å². The molecule has 0 amide bonds. The molecule has 4 nitrogen and oxygen atoms in total. The third-order valence-corrected chi connectivity index (χ3v) is 3.99. The van der Waals surface area contributed by atoms with Crippen LogP contribution in [0.4, 0.5) is 10.2 Å². The van der Waals surface area contributed by atoms with Gasteiger partial charge in [0, 0.05) is 17.0 Å². The summed E-state index contributed by atoms with van der Waals surface area (Å²) in [7, 11) is 0. The number of nitrogen functional groups attached to an aromatic ring is 1. The summed E-state index contributed by atoms with van der Waals surface area (Å²) in [4.78, 5) is 0. The minimum atomic E-state index is -0.329. The van der Waals surface area contributed by atoms with E-state index in [1.165, 1.54) is 10.7 Å². The first-order chi connectivity index (χ1) is 11.6. The Kier molecular flexibility index (Phi) is 4.50. The Labute approximate surface area is 143 Å². The summed E-state index contributed by atoms with van der Waals surface area (Å²) in [6.07, 6.45) is 0.453.